The lowest BCUT2D eigenvalue weighted by Crippen LogP contribution is -2.33. The van der Waals surface area contributed by atoms with Crippen LogP contribution in [0.3, 0.4) is 0 Å². The molecule has 1 aliphatic heterocycles. The Labute approximate surface area is 113 Å². The number of hydrogen-bond donors (Lipinski definition) is 0. The quantitative estimate of drug-likeness (QED) is 0.736. The fraction of sp³-hybridized carbons (Fsp3) is 0.846. The van der Waals surface area contributed by atoms with Crippen molar-refractivity contribution in [2.24, 2.45) is 0 Å². The summed E-state index contributed by atoms with van der Waals surface area (Å²) in [5.74, 6) is 0.759. The maximum Gasteiger partial charge on any atom is 0.306 e. The minimum Gasteiger partial charge on any atom is -0.466 e. The normalized spacial score (nSPS) is 19.2. The van der Waals surface area contributed by atoms with E-state index in [0.717, 1.165) is 25.3 Å². The Morgan fingerprint density at radius 2 is 2.00 bits per heavy atom. The molecule has 0 bridgehead atoms. The van der Waals surface area contributed by atoms with Crippen LogP contribution in [0.2, 0.25) is 0 Å². The highest BCUT2D eigenvalue weighted by Gasteiger charge is 2.25. The first-order valence-corrected chi connectivity index (χ1v) is 7.50. The predicted molar refractivity (Wildman–Crippen MR) is 73.6 cm³/mol. The molecular weight excluding hydrogens is 250 g/mol. The van der Waals surface area contributed by atoms with Crippen LogP contribution in [0.25, 0.3) is 0 Å². The Balaban J connectivity index is 2.35. The second kappa shape index (κ2) is 7.02. The summed E-state index contributed by atoms with van der Waals surface area (Å²) in [5.41, 5.74) is 0. The van der Waals surface area contributed by atoms with Crippen molar-refractivity contribution in [3.05, 3.63) is 0 Å². The van der Waals surface area contributed by atoms with Crippen LogP contribution >= 0.6 is 11.8 Å². The zero-order valence-electron chi connectivity index (χ0n) is 11.5. The third-order valence-electron chi connectivity index (χ3n) is 3.04. The number of nitrogens with zero attached hydrogens (tertiary/aromatic N) is 1. The molecule has 1 aliphatic rings. The summed E-state index contributed by atoms with van der Waals surface area (Å²) in [6, 6.07) is 0. The number of thioether (sulfide) groups is 1. The molecule has 4 nitrogen and oxygen atoms in total. The summed E-state index contributed by atoms with van der Waals surface area (Å²) in [6.07, 6.45) is 1.46. The average molecular weight is 273 g/mol. The number of carbonyl (C=O) groups is 2. The molecule has 0 N–H and O–H groups in total. The van der Waals surface area contributed by atoms with Crippen LogP contribution in [0.4, 0.5) is 0 Å². The van der Waals surface area contributed by atoms with Gasteiger partial charge in [0.05, 0.1) is 13.0 Å². The van der Waals surface area contributed by atoms with Crippen molar-refractivity contribution in [1.82, 2.24) is 4.90 Å². The van der Waals surface area contributed by atoms with Gasteiger partial charge in [-0.15, -0.1) is 0 Å². The van der Waals surface area contributed by atoms with Gasteiger partial charge in [0.2, 0.25) is 5.91 Å². The van der Waals surface area contributed by atoms with Crippen molar-refractivity contribution in [3.8, 4) is 0 Å². The molecule has 0 aliphatic carbocycles. The van der Waals surface area contributed by atoms with E-state index in [1.807, 2.05) is 16.7 Å². The second-order valence-electron chi connectivity index (χ2n) is 5.04. The summed E-state index contributed by atoms with van der Waals surface area (Å²) in [6.45, 7) is 8.15. The second-order valence-corrected chi connectivity index (χ2v) is 6.85. The van der Waals surface area contributed by atoms with Crippen LogP contribution in [0.15, 0.2) is 0 Å². The van der Waals surface area contributed by atoms with Gasteiger partial charge in [-0.05, 0) is 13.3 Å². The third-order valence-corrected chi connectivity index (χ3v) is 4.41. The molecule has 0 saturated carbocycles. The topological polar surface area (TPSA) is 46.6 Å². The Kier molecular flexibility index (Phi) is 5.99. The van der Waals surface area contributed by atoms with Crippen molar-refractivity contribution in [2.45, 2.75) is 44.8 Å². The summed E-state index contributed by atoms with van der Waals surface area (Å²) in [7, 11) is 0. The molecule has 0 aromatic heterocycles. The SMILES string of the molecule is CCOC(=O)CCC(=O)N1CCSC(C)(C)CC1. The number of hydrogen-bond acceptors (Lipinski definition) is 4. The first-order valence-electron chi connectivity index (χ1n) is 6.52. The first kappa shape index (κ1) is 15.3. The molecule has 1 rings (SSSR count). The van der Waals surface area contributed by atoms with Gasteiger partial charge in [-0.2, -0.15) is 11.8 Å². The summed E-state index contributed by atoms with van der Waals surface area (Å²) >= 11 is 1.91. The first-order chi connectivity index (χ1) is 8.44. The van der Waals surface area contributed by atoms with Crippen LogP contribution in [0, 0.1) is 0 Å². The summed E-state index contributed by atoms with van der Waals surface area (Å²) in [4.78, 5) is 25.1. The van der Waals surface area contributed by atoms with Crippen LogP contribution < -0.4 is 0 Å². The smallest absolute Gasteiger partial charge is 0.306 e. The van der Waals surface area contributed by atoms with E-state index >= 15 is 0 Å². The molecule has 1 saturated heterocycles. The van der Waals surface area contributed by atoms with E-state index in [1.54, 1.807) is 6.92 Å². The van der Waals surface area contributed by atoms with Crippen molar-refractivity contribution in [1.29, 1.82) is 0 Å². The minimum atomic E-state index is -0.282. The molecule has 0 unspecified atom stereocenters. The molecular formula is C13H23NO3S. The predicted octanol–water partition coefficient (Wildman–Crippen LogP) is 2.07. The van der Waals surface area contributed by atoms with Crippen LogP contribution in [0.5, 0.6) is 0 Å². The van der Waals surface area contributed by atoms with E-state index in [2.05, 4.69) is 13.8 Å². The van der Waals surface area contributed by atoms with Crippen molar-refractivity contribution in [3.63, 3.8) is 0 Å². The number of ether oxygens (including phenoxy) is 1. The van der Waals surface area contributed by atoms with Gasteiger partial charge in [0, 0.05) is 30.0 Å². The van der Waals surface area contributed by atoms with Crippen molar-refractivity contribution < 1.29 is 14.3 Å². The Bertz CT molecular complexity index is 305. The van der Waals surface area contributed by atoms with E-state index in [4.69, 9.17) is 4.74 Å². The molecule has 0 aromatic rings. The van der Waals surface area contributed by atoms with Gasteiger partial charge in [-0.25, -0.2) is 0 Å². The standard InChI is InChI=1S/C13H23NO3S/c1-4-17-12(16)6-5-11(15)14-8-7-13(2,3)18-10-9-14/h4-10H2,1-3H3. The van der Waals surface area contributed by atoms with E-state index in [1.165, 1.54) is 0 Å². The maximum absolute atomic E-state index is 12.0. The van der Waals surface area contributed by atoms with Gasteiger partial charge in [-0.1, -0.05) is 13.8 Å². The fourth-order valence-corrected chi connectivity index (χ4v) is 2.97. The highest BCUT2D eigenvalue weighted by molar-refractivity contribution is 8.00. The molecule has 0 atom stereocenters. The highest BCUT2D eigenvalue weighted by Crippen LogP contribution is 2.30. The molecule has 0 radical (unpaired) electrons. The summed E-state index contributed by atoms with van der Waals surface area (Å²) in [5, 5.41) is 0. The molecule has 0 spiro atoms. The molecule has 1 amide bonds. The molecule has 5 heteroatoms. The number of rotatable bonds is 4. The Morgan fingerprint density at radius 1 is 1.28 bits per heavy atom. The van der Waals surface area contributed by atoms with Gasteiger partial charge >= 0.3 is 5.97 Å². The lowest BCUT2D eigenvalue weighted by Gasteiger charge is -2.22. The summed E-state index contributed by atoms with van der Waals surface area (Å²) < 4.78 is 5.07. The van der Waals surface area contributed by atoms with Crippen LogP contribution in [-0.2, 0) is 14.3 Å². The maximum atomic E-state index is 12.0. The van der Waals surface area contributed by atoms with E-state index in [-0.39, 0.29) is 29.5 Å². The van der Waals surface area contributed by atoms with Gasteiger partial charge < -0.3 is 9.64 Å². The minimum absolute atomic E-state index is 0.0707. The zero-order chi connectivity index (χ0) is 13.6. The third kappa shape index (κ3) is 5.29. The van der Waals surface area contributed by atoms with Gasteiger partial charge in [0.25, 0.3) is 0 Å². The van der Waals surface area contributed by atoms with Crippen molar-refractivity contribution >= 4 is 23.6 Å². The molecule has 104 valence electrons. The zero-order valence-corrected chi connectivity index (χ0v) is 12.3. The molecule has 1 fully saturated rings. The van der Waals surface area contributed by atoms with Crippen molar-refractivity contribution in [2.75, 3.05) is 25.4 Å². The van der Waals surface area contributed by atoms with Gasteiger partial charge in [0.1, 0.15) is 0 Å². The Hall–Kier alpha value is -0.710. The molecule has 18 heavy (non-hydrogen) atoms. The largest absolute Gasteiger partial charge is 0.466 e. The van der Waals surface area contributed by atoms with Crippen LogP contribution in [0.1, 0.15) is 40.0 Å². The lowest BCUT2D eigenvalue weighted by molar-refractivity contribution is -0.145. The van der Waals surface area contributed by atoms with E-state index < -0.39 is 0 Å². The number of amides is 1. The van der Waals surface area contributed by atoms with Crippen LogP contribution in [-0.4, -0.2) is 47.0 Å². The van der Waals surface area contributed by atoms with Gasteiger partial charge in [-0.3, -0.25) is 9.59 Å². The highest BCUT2D eigenvalue weighted by atomic mass is 32.2. The average Bonchev–Trinajstić information content (AvgIpc) is 2.47. The number of carbonyl (C=O) groups excluding carboxylic acids is 2. The molecule has 0 aromatic carbocycles. The fourth-order valence-electron chi connectivity index (χ4n) is 1.87. The molecule has 1 heterocycles. The van der Waals surface area contributed by atoms with Gasteiger partial charge in [0.15, 0.2) is 0 Å². The lowest BCUT2D eigenvalue weighted by atomic mass is 10.1. The monoisotopic (exact) mass is 273 g/mol. The number of esters is 1. The van der Waals surface area contributed by atoms with E-state index in [9.17, 15) is 9.59 Å². The van der Waals surface area contributed by atoms with E-state index in [0.29, 0.717) is 6.61 Å². The Morgan fingerprint density at radius 3 is 2.67 bits per heavy atom.